The highest BCUT2D eigenvalue weighted by Gasteiger charge is 2.29. The monoisotopic (exact) mass is 403 g/mol. The third kappa shape index (κ3) is 3.48. The summed E-state index contributed by atoms with van der Waals surface area (Å²) in [5, 5.41) is 20.7. The number of anilines is 1. The van der Waals surface area contributed by atoms with Gasteiger partial charge in [-0.05, 0) is 40.5 Å². The first-order chi connectivity index (χ1) is 14.5. The van der Waals surface area contributed by atoms with Crippen molar-refractivity contribution in [2.45, 2.75) is 5.92 Å². The molecule has 0 unspecified atom stereocenters. The standard InChI is InChI=1S/C23H17NO6/c25-21(26)18-10-9-13(11-19(18)22(27)28)24-23(29)30-12-20-16-7-3-1-5-14(16)15-6-2-4-8-17(15)20/h1-11,20H,12H2,(H,24,29)(H,25,26)(H,27,28). The van der Waals surface area contributed by atoms with Gasteiger partial charge in [0.1, 0.15) is 6.61 Å². The number of ether oxygens (including phenoxy) is 1. The Balaban J connectivity index is 1.49. The van der Waals surface area contributed by atoms with Gasteiger partial charge < -0.3 is 14.9 Å². The van der Waals surface area contributed by atoms with Gasteiger partial charge in [0.25, 0.3) is 0 Å². The van der Waals surface area contributed by atoms with Crippen LogP contribution in [0.15, 0.2) is 66.7 Å². The van der Waals surface area contributed by atoms with Crippen LogP contribution in [0.4, 0.5) is 10.5 Å². The van der Waals surface area contributed by atoms with Crippen LogP contribution in [0, 0.1) is 0 Å². The molecular formula is C23H17NO6. The Morgan fingerprint density at radius 1 is 0.800 bits per heavy atom. The van der Waals surface area contributed by atoms with Crippen LogP contribution in [0.3, 0.4) is 0 Å². The molecule has 0 heterocycles. The third-order valence-corrected chi connectivity index (χ3v) is 5.07. The average Bonchev–Trinajstić information content (AvgIpc) is 3.06. The number of aromatic carboxylic acids is 2. The quantitative estimate of drug-likeness (QED) is 0.580. The summed E-state index contributed by atoms with van der Waals surface area (Å²) >= 11 is 0. The smallest absolute Gasteiger partial charge is 0.411 e. The molecule has 0 saturated carbocycles. The van der Waals surface area contributed by atoms with Crippen LogP contribution in [0.25, 0.3) is 11.1 Å². The maximum atomic E-state index is 12.3. The van der Waals surface area contributed by atoms with E-state index in [4.69, 9.17) is 9.84 Å². The molecule has 1 aliphatic carbocycles. The Morgan fingerprint density at radius 3 is 1.93 bits per heavy atom. The maximum absolute atomic E-state index is 12.3. The predicted octanol–water partition coefficient (Wildman–Crippen LogP) is 4.44. The molecule has 4 rings (SSSR count). The van der Waals surface area contributed by atoms with Gasteiger partial charge in [-0.2, -0.15) is 0 Å². The van der Waals surface area contributed by atoms with E-state index >= 15 is 0 Å². The second-order valence-corrected chi connectivity index (χ2v) is 6.82. The number of carbonyl (C=O) groups excluding carboxylic acids is 1. The average molecular weight is 403 g/mol. The van der Waals surface area contributed by atoms with Crippen molar-refractivity contribution in [2.75, 3.05) is 11.9 Å². The van der Waals surface area contributed by atoms with Crippen molar-refractivity contribution in [1.29, 1.82) is 0 Å². The number of hydrogen-bond donors (Lipinski definition) is 3. The van der Waals surface area contributed by atoms with Crippen LogP contribution in [0.1, 0.15) is 37.8 Å². The van der Waals surface area contributed by atoms with E-state index < -0.39 is 23.6 Å². The zero-order valence-corrected chi connectivity index (χ0v) is 15.7. The van der Waals surface area contributed by atoms with Crippen molar-refractivity contribution >= 4 is 23.7 Å². The lowest BCUT2D eigenvalue weighted by atomic mass is 9.98. The molecule has 7 heteroatoms. The summed E-state index contributed by atoms with van der Waals surface area (Å²) in [6.45, 7) is 0.110. The summed E-state index contributed by atoms with van der Waals surface area (Å²) < 4.78 is 5.41. The highest BCUT2D eigenvalue weighted by molar-refractivity contribution is 6.03. The number of rotatable bonds is 5. The van der Waals surface area contributed by atoms with Crippen molar-refractivity contribution in [3.05, 3.63) is 89.0 Å². The molecule has 0 radical (unpaired) electrons. The van der Waals surface area contributed by atoms with E-state index in [0.29, 0.717) is 0 Å². The van der Waals surface area contributed by atoms with Crippen LogP contribution in [-0.2, 0) is 4.74 Å². The first kappa shape index (κ1) is 19.2. The summed E-state index contributed by atoms with van der Waals surface area (Å²) in [6.07, 6.45) is -0.753. The van der Waals surface area contributed by atoms with Crippen LogP contribution >= 0.6 is 0 Å². The largest absolute Gasteiger partial charge is 0.478 e. The first-order valence-corrected chi connectivity index (χ1v) is 9.18. The van der Waals surface area contributed by atoms with Gasteiger partial charge in [0.15, 0.2) is 0 Å². The SMILES string of the molecule is O=C(Nc1ccc(C(=O)O)c(C(=O)O)c1)OCC1c2ccccc2-c2ccccc21. The minimum absolute atomic E-state index is 0.105. The molecule has 150 valence electrons. The molecule has 3 aromatic carbocycles. The van der Waals surface area contributed by atoms with Crippen LogP contribution in [0.5, 0.6) is 0 Å². The molecule has 7 nitrogen and oxygen atoms in total. The van der Waals surface area contributed by atoms with E-state index in [2.05, 4.69) is 5.32 Å². The fourth-order valence-corrected chi connectivity index (χ4v) is 3.74. The highest BCUT2D eigenvalue weighted by atomic mass is 16.5. The number of carbonyl (C=O) groups is 3. The number of fused-ring (bicyclic) bond motifs is 3. The normalized spacial score (nSPS) is 12.0. The summed E-state index contributed by atoms with van der Waals surface area (Å²) in [4.78, 5) is 34.7. The number of amides is 1. The number of benzene rings is 3. The third-order valence-electron chi connectivity index (χ3n) is 5.07. The molecule has 0 aromatic heterocycles. The van der Waals surface area contributed by atoms with E-state index in [1.807, 2.05) is 48.5 Å². The maximum Gasteiger partial charge on any atom is 0.411 e. The molecule has 0 atom stereocenters. The fourth-order valence-electron chi connectivity index (χ4n) is 3.74. The topological polar surface area (TPSA) is 113 Å². The van der Waals surface area contributed by atoms with E-state index in [9.17, 15) is 19.5 Å². The van der Waals surface area contributed by atoms with Gasteiger partial charge >= 0.3 is 18.0 Å². The van der Waals surface area contributed by atoms with Crippen molar-refractivity contribution in [3.63, 3.8) is 0 Å². The molecule has 0 aliphatic heterocycles. The van der Waals surface area contributed by atoms with Crippen molar-refractivity contribution in [1.82, 2.24) is 0 Å². The molecule has 30 heavy (non-hydrogen) atoms. The fraction of sp³-hybridized carbons (Fsp3) is 0.0870. The van der Waals surface area contributed by atoms with Crippen LogP contribution < -0.4 is 5.32 Å². The zero-order chi connectivity index (χ0) is 21.3. The first-order valence-electron chi connectivity index (χ1n) is 9.18. The lowest BCUT2D eigenvalue weighted by Crippen LogP contribution is -2.18. The highest BCUT2D eigenvalue weighted by Crippen LogP contribution is 2.44. The lowest BCUT2D eigenvalue weighted by Gasteiger charge is -2.15. The van der Waals surface area contributed by atoms with E-state index in [1.165, 1.54) is 6.07 Å². The van der Waals surface area contributed by atoms with Gasteiger partial charge in [0.2, 0.25) is 0 Å². The second-order valence-electron chi connectivity index (χ2n) is 6.82. The van der Waals surface area contributed by atoms with E-state index in [0.717, 1.165) is 34.4 Å². The van der Waals surface area contributed by atoms with Crippen molar-refractivity contribution in [3.8, 4) is 11.1 Å². The molecule has 0 bridgehead atoms. The molecule has 1 aliphatic rings. The summed E-state index contributed by atoms with van der Waals surface area (Å²) in [5.41, 5.74) is 3.72. The van der Waals surface area contributed by atoms with Gasteiger partial charge in [-0.15, -0.1) is 0 Å². The molecule has 0 spiro atoms. The van der Waals surface area contributed by atoms with Crippen LogP contribution in [0.2, 0.25) is 0 Å². The number of hydrogen-bond acceptors (Lipinski definition) is 4. The van der Waals surface area contributed by atoms with Gasteiger partial charge in [-0.3, -0.25) is 5.32 Å². The van der Waals surface area contributed by atoms with Gasteiger partial charge in [0.05, 0.1) is 11.1 Å². The molecule has 3 N–H and O–H groups in total. The molecule has 3 aromatic rings. The number of nitrogens with one attached hydrogen (secondary N) is 1. The van der Waals surface area contributed by atoms with Crippen molar-refractivity contribution in [2.24, 2.45) is 0 Å². The Labute approximate surface area is 171 Å². The number of carboxylic acids is 2. The Bertz CT molecular complexity index is 1120. The summed E-state index contributed by atoms with van der Waals surface area (Å²) in [6, 6.07) is 19.4. The Kier molecular flexibility index (Phi) is 4.93. The number of carboxylic acid groups (broad SMARTS) is 2. The van der Waals surface area contributed by atoms with Crippen LogP contribution in [-0.4, -0.2) is 34.9 Å². The molecule has 1 amide bonds. The minimum atomic E-state index is -1.40. The molecule has 0 saturated heterocycles. The second kappa shape index (κ2) is 7.71. The van der Waals surface area contributed by atoms with Gasteiger partial charge in [-0.1, -0.05) is 48.5 Å². The molecular weight excluding hydrogens is 386 g/mol. The molecule has 0 fully saturated rings. The van der Waals surface area contributed by atoms with E-state index in [1.54, 1.807) is 0 Å². The van der Waals surface area contributed by atoms with E-state index in [-0.39, 0.29) is 23.8 Å². The van der Waals surface area contributed by atoms with Gasteiger partial charge in [-0.25, -0.2) is 14.4 Å². The summed E-state index contributed by atoms with van der Waals surface area (Å²) in [7, 11) is 0. The van der Waals surface area contributed by atoms with Crippen molar-refractivity contribution < 1.29 is 29.3 Å². The lowest BCUT2D eigenvalue weighted by molar-refractivity contribution is 0.0651. The predicted molar refractivity (Wildman–Crippen MR) is 109 cm³/mol. The Morgan fingerprint density at radius 2 is 1.37 bits per heavy atom. The Hall–Kier alpha value is -4.13. The minimum Gasteiger partial charge on any atom is -0.478 e. The zero-order valence-electron chi connectivity index (χ0n) is 15.7. The summed E-state index contributed by atoms with van der Waals surface area (Å²) in [5.74, 6) is -2.87. The van der Waals surface area contributed by atoms with Gasteiger partial charge in [0, 0.05) is 11.6 Å².